The summed E-state index contributed by atoms with van der Waals surface area (Å²) in [5.74, 6) is 0.775. The molecule has 0 bridgehead atoms. The maximum absolute atomic E-state index is 8.46. The molecule has 1 aliphatic rings. The first kappa shape index (κ1) is 11.9. The second-order valence-corrected chi connectivity index (χ2v) is 4.46. The number of benzene rings is 1. The average molecular weight is 230 g/mol. The predicted octanol–water partition coefficient (Wildman–Crippen LogP) is 2.62. The first-order valence-electron chi connectivity index (χ1n) is 6.20. The largest absolute Gasteiger partial charge is 0.479 e. The molecule has 17 heavy (non-hydrogen) atoms. The number of rotatable bonds is 5. The Bertz CT molecular complexity index is 391. The molecule has 0 aliphatic heterocycles. The highest BCUT2D eigenvalue weighted by Crippen LogP contribution is 2.19. The molecule has 2 rings (SSSR count). The van der Waals surface area contributed by atoms with Gasteiger partial charge in [-0.25, -0.2) is 0 Å². The summed E-state index contributed by atoms with van der Waals surface area (Å²) < 4.78 is 5.28. The van der Waals surface area contributed by atoms with Gasteiger partial charge in [-0.3, -0.25) is 0 Å². The van der Waals surface area contributed by atoms with Gasteiger partial charge in [-0.05, 0) is 30.5 Å². The molecule has 90 valence electrons. The maximum atomic E-state index is 8.46. The summed E-state index contributed by atoms with van der Waals surface area (Å²) in [6.07, 6.45) is 5.29. The SMILES string of the molecule is N#CCOc1cccc(CNC2CCCC2)c1. The average Bonchev–Trinajstić information content (AvgIpc) is 2.87. The highest BCUT2D eigenvalue weighted by Gasteiger charge is 2.13. The minimum absolute atomic E-state index is 0.111. The van der Waals surface area contributed by atoms with Crippen molar-refractivity contribution in [3.8, 4) is 11.8 Å². The second-order valence-electron chi connectivity index (χ2n) is 4.46. The van der Waals surface area contributed by atoms with Crippen LogP contribution in [-0.2, 0) is 6.54 Å². The van der Waals surface area contributed by atoms with Gasteiger partial charge in [0.05, 0.1) is 0 Å². The van der Waals surface area contributed by atoms with Gasteiger partial charge in [0.15, 0.2) is 6.61 Å². The lowest BCUT2D eigenvalue weighted by molar-refractivity contribution is 0.367. The summed E-state index contributed by atoms with van der Waals surface area (Å²) in [6.45, 7) is 0.994. The Balaban J connectivity index is 1.85. The van der Waals surface area contributed by atoms with Crippen molar-refractivity contribution in [1.82, 2.24) is 5.32 Å². The van der Waals surface area contributed by atoms with Crippen LogP contribution in [-0.4, -0.2) is 12.6 Å². The van der Waals surface area contributed by atoms with E-state index in [2.05, 4.69) is 11.4 Å². The lowest BCUT2D eigenvalue weighted by atomic mass is 10.2. The molecule has 1 fully saturated rings. The number of nitrogens with zero attached hydrogens (tertiary/aromatic N) is 1. The van der Waals surface area contributed by atoms with E-state index in [1.165, 1.54) is 31.2 Å². The van der Waals surface area contributed by atoms with E-state index in [0.29, 0.717) is 6.04 Å². The Morgan fingerprint density at radius 1 is 1.35 bits per heavy atom. The molecule has 0 saturated heterocycles. The number of ether oxygens (including phenoxy) is 1. The third-order valence-corrected chi connectivity index (χ3v) is 3.15. The summed E-state index contributed by atoms with van der Waals surface area (Å²) in [4.78, 5) is 0. The topological polar surface area (TPSA) is 45.0 Å². The van der Waals surface area contributed by atoms with Gasteiger partial charge in [-0.1, -0.05) is 25.0 Å². The van der Waals surface area contributed by atoms with Crippen molar-refractivity contribution in [2.75, 3.05) is 6.61 Å². The summed E-state index contributed by atoms with van der Waals surface area (Å²) >= 11 is 0. The van der Waals surface area contributed by atoms with E-state index in [-0.39, 0.29) is 6.61 Å². The van der Waals surface area contributed by atoms with Gasteiger partial charge in [0.1, 0.15) is 11.8 Å². The van der Waals surface area contributed by atoms with Crippen molar-refractivity contribution in [3.05, 3.63) is 29.8 Å². The normalized spacial score (nSPS) is 15.7. The fourth-order valence-corrected chi connectivity index (χ4v) is 2.25. The van der Waals surface area contributed by atoms with E-state index in [1.54, 1.807) is 0 Å². The van der Waals surface area contributed by atoms with Gasteiger partial charge in [-0.15, -0.1) is 0 Å². The Morgan fingerprint density at radius 3 is 2.94 bits per heavy atom. The van der Waals surface area contributed by atoms with Gasteiger partial charge < -0.3 is 10.1 Å². The van der Waals surface area contributed by atoms with Crippen molar-refractivity contribution in [2.24, 2.45) is 0 Å². The van der Waals surface area contributed by atoms with Crippen molar-refractivity contribution >= 4 is 0 Å². The van der Waals surface area contributed by atoms with E-state index < -0.39 is 0 Å². The number of hydrogen-bond donors (Lipinski definition) is 1. The van der Waals surface area contributed by atoms with Crippen LogP contribution in [0, 0.1) is 11.3 Å². The number of nitrogens with one attached hydrogen (secondary N) is 1. The van der Waals surface area contributed by atoms with E-state index in [1.807, 2.05) is 24.3 Å². The van der Waals surface area contributed by atoms with Crippen LogP contribution >= 0.6 is 0 Å². The molecule has 0 unspecified atom stereocenters. The molecule has 0 aromatic heterocycles. The van der Waals surface area contributed by atoms with Crippen LogP contribution in [0.5, 0.6) is 5.75 Å². The van der Waals surface area contributed by atoms with Crippen LogP contribution in [0.15, 0.2) is 24.3 Å². The highest BCUT2D eigenvalue weighted by molar-refractivity contribution is 5.28. The lowest BCUT2D eigenvalue weighted by Gasteiger charge is -2.12. The predicted molar refractivity (Wildman–Crippen MR) is 66.6 cm³/mol. The van der Waals surface area contributed by atoms with Gasteiger partial charge in [0.2, 0.25) is 0 Å². The zero-order valence-electron chi connectivity index (χ0n) is 9.98. The minimum atomic E-state index is 0.111. The molecule has 0 radical (unpaired) electrons. The van der Waals surface area contributed by atoms with Crippen molar-refractivity contribution in [2.45, 2.75) is 38.3 Å². The molecule has 1 aromatic rings. The van der Waals surface area contributed by atoms with Crippen LogP contribution in [0.1, 0.15) is 31.2 Å². The number of nitriles is 1. The summed E-state index contributed by atoms with van der Waals surface area (Å²) in [7, 11) is 0. The van der Waals surface area contributed by atoms with Crippen LogP contribution in [0.25, 0.3) is 0 Å². The van der Waals surface area contributed by atoms with Crippen LogP contribution in [0.2, 0.25) is 0 Å². The third kappa shape index (κ3) is 3.76. The molecule has 3 nitrogen and oxygen atoms in total. The molecule has 0 heterocycles. The van der Waals surface area contributed by atoms with E-state index in [0.717, 1.165) is 12.3 Å². The first-order valence-corrected chi connectivity index (χ1v) is 6.20. The van der Waals surface area contributed by atoms with Crippen molar-refractivity contribution in [3.63, 3.8) is 0 Å². The lowest BCUT2D eigenvalue weighted by Crippen LogP contribution is -2.25. The molecule has 1 aromatic carbocycles. The van der Waals surface area contributed by atoms with E-state index >= 15 is 0 Å². The van der Waals surface area contributed by atoms with E-state index in [9.17, 15) is 0 Å². The quantitative estimate of drug-likeness (QED) is 0.845. The minimum Gasteiger partial charge on any atom is -0.479 e. The van der Waals surface area contributed by atoms with Crippen molar-refractivity contribution in [1.29, 1.82) is 5.26 Å². The smallest absolute Gasteiger partial charge is 0.174 e. The molecule has 1 saturated carbocycles. The van der Waals surface area contributed by atoms with Gasteiger partial charge in [-0.2, -0.15) is 5.26 Å². The van der Waals surface area contributed by atoms with Crippen molar-refractivity contribution < 1.29 is 4.74 Å². The van der Waals surface area contributed by atoms with Gasteiger partial charge >= 0.3 is 0 Å². The van der Waals surface area contributed by atoms with E-state index in [4.69, 9.17) is 10.00 Å². The number of hydrogen-bond acceptors (Lipinski definition) is 3. The van der Waals surface area contributed by atoms with Crippen LogP contribution in [0.3, 0.4) is 0 Å². The van der Waals surface area contributed by atoms with Crippen LogP contribution in [0.4, 0.5) is 0 Å². The molecule has 0 spiro atoms. The molecule has 0 atom stereocenters. The van der Waals surface area contributed by atoms with Crippen LogP contribution < -0.4 is 10.1 Å². The monoisotopic (exact) mass is 230 g/mol. The Morgan fingerprint density at radius 2 is 2.18 bits per heavy atom. The molecular formula is C14H18N2O. The Hall–Kier alpha value is -1.53. The molecular weight excluding hydrogens is 212 g/mol. The fraction of sp³-hybridized carbons (Fsp3) is 0.500. The summed E-state index contributed by atoms with van der Waals surface area (Å²) in [5.41, 5.74) is 1.22. The standard InChI is InChI=1S/C14H18N2O/c15-8-9-17-14-7-3-4-12(10-14)11-16-13-5-1-2-6-13/h3-4,7,10,13,16H,1-2,5-6,9,11H2. The van der Waals surface area contributed by atoms with Gasteiger partial charge in [0.25, 0.3) is 0 Å². The summed E-state index contributed by atoms with van der Waals surface area (Å²) in [5, 5.41) is 12.0. The molecule has 3 heteroatoms. The molecule has 0 amide bonds. The van der Waals surface area contributed by atoms with Gasteiger partial charge in [0, 0.05) is 12.6 Å². The Kier molecular flexibility index (Phi) is 4.40. The Labute approximate surface area is 102 Å². The molecule has 1 aliphatic carbocycles. The summed E-state index contributed by atoms with van der Waals surface area (Å²) in [6, 6.07) is 10.6. The second kappa shape index (κ2) is 6.27. The molecule has 1 N–H and O–H groups in total. The fourth-order valence-electron chi connectivity index (χ4n) is 2.25. The zero-order chi connectivity index (χ0) is 11.9. The first-order chi connectivity index (χ1) is 8.38. The maximum Gasteiger partial charge on any atom is 0.174 e. The zero-order valence-corrected chi connectivity index (χ0v) is 9.98. The third-order valence-electron chi connectivity index (χ3n) is 3.15. The highest BCUT2D eigenvalue weighted by atomic mass is 16.5.